The van der Waals surface area contributed by atoms with Gasteiger partial charge in [-0.05, 0) is 35.9 Å². The van der Waals surface area contributed by atoms with E-state index in [1.807, 2.05) is 24.3 Å². The van der Waals surface area contributed by atoms with Crippen LogP contribution in [0.3, 0.4) is 0 Å². The first-order valence-electron chi connectivity index (χ1n) is 6.33. The third-order valence-corrected chi connectivity index (χ3v) is 2.92. The van der Waals surface area contributed by atoms with Crippen molar-refractivity contribution in [3.63, 3.8) is 0 Å². The lowest BCUT2D eigenvalue weighted by Crippen LogP contribution is -1.98. The van der Waals surface area contributed by atoms with Crippen molar-refractivity contribution in [1.29, 1.82) is 0 Å². The van der Waals surface area contributed by atoms with Crippen LogP contribution in [-0.2, 0) is 6.61 Å². The topological polar surface area (TPSA) is 18.5 Å². The first kappa shape index (κ1) is 15.2. The number of rotatable bonds is 4. The van der Waals surface area contributed by atoms with Crippen molar-refractivity contribution in [1.82, 2.24) is 0 Å². The van der Waals surface area contributed by atoms with E-state index in [0.29, 0.717) is 5.56 Å². The third kappa shape index (κ3) is 4.40. The monoisotopic (exact) mass is 304 g/mol. The fraction of sp³-hybridized carbons (Fsp3) is 0.176. The van der Waals surface area contributed by atoms with Gasteiger partial charge < -0.3 is 9.47 Å². The summed E-state index contributed by atoms with van der Waals surface area (Å²) in [5, 5.41) is 0. The smallest absolute Gasteiger partial charge is 0.165 e. The lowest BCUT2D eigenvalue weighted by atomic mass is 10.2. The van der Waals surface area contributed by atoms with Gasteiger partial charge in [-0.3, -0.25) is 0 Å². The van der Waals surface area contributed by atoms with E-state index >= 15 is 0 Å². The molecule has 2 nitrogen and oxygen atoms in total. The SMILES string of the molecule is COc1ccc(COc2cc(C#CCCl)ccc2F)cc1. The van der Waals surface area contributed by atoms with E-state index in [4.69, 9.17) is 21.1 Å². The summed E-state index contributed by atoms with van der Waals surface area (Å²) in [4.78, 5) is 0. The molecule has 0 heterocycles. The highest BCUT2D eigenvalue weighted by molar-refractivity contribution is 6.19. The number of methoxy groups -OCH3 is 1. The van der Waals surface area contributed by atoms with Crippen molar-refractivity contribution in [2.75, 3.05) is 13.0 Å². The van der Waals surface area contributed by atoms with Crippen LogP contribution in [0.2, 0.25) is 0 Å². The molecule has 0 unspecified atom stereocenters. The highest BCUT2D eigenvalue weighted by atomic mass is 35.5. The Morgan fingerprint density at radius 2 is 1.90 bits per heavy atom. The maximum absolute atomic E-state index is 13.7. The lowest BCUT2D eigenvalue weighted by molar-refractivity contribution is 0.290. The molecule has 0 atom stereocenters. The van der Waals surface area contributed by atoms with Crippen LogP contribution in [0.15, 0.2) is 42.5 Å². The van der Waals surface area contributed by atoms with Gasteiger partial charge in [0.1, 0.15) is 12.4 Å². The van der Waals surface area contributed by atoms with E-state index in [-0.39, 0.29) is 18.2 Å². The molecule has 0 aliphatic carbocycles. The molecule has 0 fully saturated rings. The summed E-state index contributed by atoms with van der Waals surface area (Å²) in [7, 11) is 1.61. The molecule has 2 rings (SSSR count). The van der Waals surface area contributed by atoms with Crippen molar-refractivity contribution in [2.45, 2.75) is 6.61 Å². The summed E-state index contributed by atoms with van der Waals surface area (Å²) in [5.41, 5.74) is 1.59. The molecule has 21 heavy (non-hydrogen) atoms. The van der Waals surface area contributed by atoms with Crippen molar-refractivity contribution in [3.05, 3.63) is 59.4 Å². The van der Waals surface area contributed by atoms with Crippen LogP contribution < -0.4 is 9.47 Å². The minimum atomic E-state index is -0.417. The van der Waals surface area contributed by atoms with E-state index in [0.717, 1.165) is 11.3 Å². The Bertz CT molecular complexity index is 657. The average molecular weight is 305 g/mol. The highest BCUT2D eigenvalue weighted by Gasteiger charge is 2.05. The molecule has 0 aliphatic rings. The van der Waals surface area contributed by atoms with Crippen molar-refractivity contribution < 1.29 is 13.9 Å². The second-order valence-electron chi connectivity index (χ2n) is 4.22. The van der Waals surface area contributed by atoms with E-state index in [2.05, 4.69) is 11.8 Å². The second kappa shape index (κ2) is 7.56. The zero-order chi connectivity index (χ0) is 15.1. The summed E-state index contributed by atoms with van der Waals surface area (Å²) in [6.07, 6.45) is 0. The number of ether oxygens (including phenoxy) is 2. The van der Waals surface area contributed by atoms with Crippen LogP contribution in [0.5, 0.6) is 11.5 Å². The number of hydrogen-bond acceptors (Lipinski definition) is 2. The van der Waals surface area contributed by atoms with Crippen LogP contribution in [0.25, 0.3) is 0 Å². The Balaban J connectivity index is 2.07. The Labute approximate surface area is 128 Å². The number of halogens is 2. The zero-order valence-corrected chi connectivity index (χ0v) is 12.3. The molecule has 0 spiro atoms. The first-order valence-corrected chi connectivity index (χ1v) is 6.86. The Hall–Kier alpha value is -2.18. The van der Waals surface area contributed by atoms with Gasteiger partial charge in [-0.2, -0.15) is 0 Å². The maximum atomic E-state index is 13.7. The molecule has 4 heteroatoms. The van der Waals surface area contributed by atoms with E-state index in [1.54, 1.807) is 19.2 Å². The standard InChI is InChI=1S/C17H14ClFO2/c1-20-15-7-4-14(5-8-15)12-21-17-11-13(3-2-10-18)6-9-16(17)19/h4-9,11H,10,12H2,1H3. The molecule has 0 N–H and O–H groups in total. The summed E-state index contributed by atoms with van der Waals surface area (Å²) in [6, 6.07) is 11.9. The largest absolute Gasteiger partial charge is 0.497 e. The Morgan fingerprint density at radius 3 is 2.57 bits per heavy atom. The molecular weight excluding hydrogens is 291 g/mol. The predicted octanol–water partition coefficient (Wildman–Crippen LogP) is 4.00. The molecule has 0 aromatic heterocycles. The van der Waals surface area contributed by atoms with Crippen molar-refractivity contribution in [3.8, 4) is 23.3 Å². The van der Waals surface area contributed by atoms with Gasteiger partial charge in [0.15, 0.2) is 11.6 Å². The van der Waals surface area contributed by atoms with Gasteiger partial charge in [-0.1, -0.05) is 24.0 Å². The first-order chi connectivity index (χ1) is 10.2. The van der Waals surface area contributed by atoms with E-state index < -0.39 is 5.82 Å². The molecule has 0 amide bonds. The molecule has 0 saturated heterocycles. The fourth-order valence-corrected chi connectivity index (χ4v) is 1.78. The van der Waals surface area contributed by atoms with Gasteiger partial charge in [-0.25, -0.2) is 4.39 Å². The van der Waals surface area contributed by atoms with Crippen molar-refractivity contribution >= 4 is 11.6 Å². The highest BCUT2D eigenvalue weighted by Crippen LogP contribution is 2.20. The van der Waals surface area contributed by atoms with Crippen LogP contribution >= 0.6 is 11.6 Å². The second-order valence-corrected chi connectivity index (χ2v) is 4.48. The van der Waals surface area contributed by atoms with E-state index in [9.17, 15) is 4.39 Å². The van der Waals surface area contributed by atoms with Crippen molar-refractivity contribution in [2.24, 2.45) is 0 Å². The molecule has 0 bridgehead atoms. The molecule has 2 aromatic carbocycles. The van der Waals surface area contributed by atoms with Gasteiger partial charge in [0.05, 0.1) is 13.0 Å². The number of benzene rings is 2. The average Bonchev–Trinajstić information content (AvgIpc) is 2.53. The van der Waals surface area contributed by atoms with Crippen LogP contribution in [-0.4, -0.2) is 13.0 Å². The van der Waals surface area contributed by atoms with Gasteiger partial charge >= 0.3 is 0 Å². The molecule has 2 aromatic rings. The Kier molecular flexibility index (Phi) is 5.48. The van der Waals surface area contributed by atoms with Crippen LogP contribution in [0, 0.1) is 17.7 Å². The van der Waals surface area contributed by atoms with Gasteiger partial charge in [-0.15, -0.1) is 11.6 Å². The maximum Gasteiger partial charge on any atom is 0.165 e. The van der Waals surface area contributed by atoms with Crippen LogP contribution in [0.1, 0.15) is 11.1 Å². The molecular formula is C17H14ClFO2. The molecule has 0 radical (unpaired) electrons. The summed E-state index contributed by atoms with van der Waals surface area (Å²) in [6.45, 7) is 0.271. The Morgan fingerprint density at radius 1 is 1.14 bits per heavy atom. The summed E-state index contributed by atoms with van der Waals surface area (Å²) in [5.74, 6) is 6.31. The van der Waals surface area contributed by atoms with Gasteiger partial charge in [0.2, 0.25) is 0 Å². The minimum Gasteiger partial charge on any atom is -0.497 e. The number of hydrogen-bond donors (Lipinski definition) is 0. The zero-order valence-electron chi connectivity index (χ0n) is 11.5. The lowest BCUT2D eigenvalue weighted by Gasteiger charge is -2.08. The van der Waals surface area contributed by atoms with Crippen LogP contribution in [0.4, 0.5) is 4.39 Å². The van der Waals surface area contributed by atoms with Gasteiger partial charge in [0, 0.05) is 5.56 Å². The molecule has 0 aliphatic heterocycles. The predicted molar refractivity (Wildman–Crippen MR) is 81.3 cm³/mol. The minimum absolute atomic E-state index is 0.173. The van der Waals surface area contributed by atoms with Gasteiger partial charge in [0.25, 0.3) is 0 Å². The fourth-order valence-electron chi connectivity index (χ4n) is 1.71. The number of alkyl halides is 1. The summed E-state index contributed by atoms with van der Waals surface area (Å²) >= 11 is 5.50. The normalized spacial score (nSPS) is 9.67. The quantitative estimate of drug-likeness (QED) is 0.628. The molecule has 0 saturated carbocycles. The third-order valence-electron chi connectivity index (χ3n) is 2.78. The molecule has 108 valence electrons. The summed E-state index contributed by atoms with van der Waals surface area (Å²) < 4.78 is 24.3. The van der Waals surface area contributed by atoms with E-state index in [1.165, 1.54) is 6.07 Å².